The molecule has 0 aromatic rings. The van der Waals surface area contributed by atoms with Crippen LogP contribution in [0.5, 0.6) is 0 Å². The first-order valence-corrected chi connectivity index (χ1v) is 8.07. The number of aliphatic hydroxyl groups is 3. The highest BCUT2D eigenvalue weighted by molar-refractivity contribution is 4.46. The Morgan fingerprint density at radius 3 is 1.00 bits per heavy atom. The van der Waals surface area contributed by atoms with Crippen molar-refractivity contribution in [2.75, 3.05) is 19.8 Å². The van der Waals surface area contributed by atoms with Crippen LogP contribution in [0.3, 0.4) is 0 Å². The van der Waals surface area contributed by atoms with Gasteiger partial charge < -0.3 is 15.3 Å². The molecule has 3 N–H and O–H groups in total. The topological polar surface area (TPSA) is 60.7 Å². The van der Waals surface area contributed by atoms with Crippen LogP contribution in [0.2, 0.25) is 0 Å². The Morgan fingerprint density at radius 2 is 0.737 bits per heavy atom. The second-order valence-corrected chi connectivity index (χ2v) is 4.54. The fraction of sp³-hybridized carbons (Fsp3) is 1.00. The number of hydrogen-bond acceptors (Lipinski definition) is 3. The molecule has 0 saturated heterocycles. The van der Waals surface area contributed by atoms with Crippen molar-refractivity contribution in [3.8, 4) is 0 Å². The summed E-state index contributed by atoms with van der Waals surface area (Å²) < 4.78 is 0. The van der Waals surface area contributed by atoms with Crippen molar-refractivity contribution in [2.24, 2.45) is 0 Å². The largest absolute Gasteiger partial charge is 0.397 e. The van der Waals surface area contributed by atoms with Crippen LogP contribution in [0.15, 0.2) is 0 Å². The Bertz CT molecular complexity index is 96.2. The molecule has 0 radical (unpaired) electrons. The van der Waals surface area contributed by atoms with Gasteiger partial charge in [0.1, 0.15) is 0 Å². The van der Waals surface area contributed by atoms with Crippen molar-refractivity contribution in [3.05, 3.63) is 0 Å². The van der Waals surface area contributed by atoms with Crippen LogP contribution in [0, 0.1) is 0 Å². The second kappa shape index (κ2) is 30.7. The van der Waals surface area contributed by atoms with E-state index in [4.69, 9.17) is 15.3 Å². The molecule has 0 unspecified atom stereocenters. The van der Waals surface area contributed by atoms with E-state index in [1.165, 1.54) is 57.8 Å². The molecule has 19 heavy (non-hydrogen) atoms. The normalized spacial score (nSPS) is 9.16. The van der Waals surface area contributed by atoms with E-state index in [1.54, 1.807) is 13.8 Å². The SMILES string of the molecule is CCCCCCCCCCCCO.CCO.CCO. The summed E-state index contributed by atoms with van der Waals surface area (Å²) in [7, 11) is 0. The van der Waals surface area contributed by atoms with Gasteiger partial charge in [-0.25, -0.2) is 0 Å². The summed E-state index contributed by atoms with van der Waals surface area (Å²) in [6.45, 7) is 6.49. The molecule has 0 rings (SSSR count). The molecule has 0 aliphatic carbocycles. The first-order chi connectivity index (χ1) is 9.24. The van der Waals surface area contributed by atoms with Crippen LogP contribution in [0.25, 0.3) is 0 Å². The molecule has 0 amide bonds. The summed E-state index contributed by atoms with van der Waals surface area (Å²) in [5.74, 6) is 0. The first kappa shape index (κ1) is 23.9. The van der Waals surface area contributed by atoms with Gasteiger partial charge in [0.25, 0.3) is 0 Å². The average Bonchev–Trinajstić information content (AvgIpc) is 2.39. The molecule has 0 saturated carbocycles. The van der Waals surface area contributed by atoms with Gasteiger partial charge in [-0.1, -0.05) is 64.7 Å². The molecule has 120 valence electrons. The molecule has 0 fully saturated rings. The lowest BCUT2D eigenvalue weighted by Crippen LogP contribution is -1.84. The lowest BCUT2D eigenvalue weighted by atomic mass is 10.1. The van der Waals surface area contributed by atoms with E-state index in [-0.39, 0.29) is 13.2 Å². The second-order valence-electron chi connectivity index (χ2n) is 4.54. The third-order valence-corrected chi connectivity index (χ3v) is 2.51. The highest BCUT2D eigenvalue weighted by atomic mass is 16.3. The van der Waals surface area contributed by atoms with E-state index < -0.39 is 0 Å². The molecule has 0 aromatic heterocycles. The Balaban J connectivity index is -0.000000360. The lowest BCUT2D eigenvalue weighted by Gasteiger charge is -2.00. The van der Waals surface area contributed by atoms with Crippen LogP contribution in [-0.4, -0.2) is 35.1 Å². The minimum absolute atomic E-state index is 0.250. The fourth-order valence-electron chi connectivity index (χ4n) is 1.60. The van der Waals surface area contributed by atoms with Crippen LogP contribution in [0.4, 0.5) is 0 Å². The van der Waals surface area contributed by atoms with Crippen molar-refractivity contribution in [2.45, 2.75) is 85.0 Å². The van der Waals surface area contributed by atoms with Crippen molar-refractivity contribution in [1.82, 2.24) is 0 Å². The van der Waals surface area contributed by atoms with Gasteiger partial charge in [0.2, 0.25) is 0 Å². The number of unbranched alkanes of at least 4 members (excludes halogenated alkanes) is 9. The predicted molar refractivity (Wildman–Crippen MR) is 84.4 cm³/mol. The summed E-state index contributed by atoms with van der Waals surface area (Å²) in [5.41, 5.74) is 0. The summed E-state index contributed by atoms with van der Waals surface area (Å²) in [6.07, 6.45) is 13.3. The molecule has 0 heterocycles. The summed E-state index contributed by atoms with van der Waals surface area (Å²) in [5, 5.41) is 23.7. The molecular formula is C16H38O3. The minimum Gasteiger partial charge on any atom is -0.397 e. The summed E-state index contributed by atoms with van der Waals surface area (Å²) in [6, 6.07) is 0. The van der Waals surface area contributed by atoms with E-state index in [0.717, 1.165) is 6.42 Å². The molecule has 0 aliphatic rings. The van der Waals surface area contributed by atoms with E-state index in [9.17, 15) is 0 Å². The monoisotopic (exact) mass is 278 g/mol. The predicted octanol–water partition coefficient (Wildman–Crippen LogP) is 3.90. The zero-order valence-corrected chi connectivity index (χ0v) is 13.5. The third kappa shape index (κ3) is 46.2. The van der Waals surface area contributed by atoms with Gasteiger partial charge in [-0.3, -0.25) is 0 Å². The van der Waals surface area contributed by atoms with Crippen molar-refractivity contribution < 1.29 is 15.3 Å². The van der Waals surface area contributed by atoms with Gasteiger partial charge in [0, 0.05) is 19.8 Å². The molecule has 3 heteroatoms. The molecule has 0 atom stereocenters. The van der Waals surface area contributed by atoms with Crippen LogP contribution in [0.1, 0.15) is 85.0 Å². The lowest BCUT2D eigenvalue weighted by molar-refractivity contribution is 0.282. The summed E-state index contributed by atoms with van der Waals surface area (Å²) in [4.78, 5) is 0. The van der Waals surface area contributed by atoms with Gasteiger partial charge >= 0.3 is 0 Å². The standard InChI is InChI=1S/C12H26O.2C2H6O/c1-2-3-4-5-6-7-8-9-10-11-12-13;2*1-2-3/h13H,2-12H2,1H3;2*3H,2H2,1H3. The summed E-state index contributed by atoms with van der Waals surface area (Å²) >= 11 is 0. The third-order valence-electron chi connectivity index (χ3n) is 2.51. The van der Waals surface area contributed by atoms with Gasteiger partial charge in [0.15, 0.2) is 0 Å². The van der Waals surface area contributed by atoms with E-state index in [1.807, 2.05) is 0 Å². The highest BCUT2D eigenvalue weighted by Crippen LogP contribution is 2.09. The van der Waals surface area contributed by atoms with E-state index >= 15 is 0 Å². The fourth-order valence-corrected chi connectivity index (χ4v) is 1.60. The number of rotatable bonds is 10. The van der Waals surface area contributed by atoms with Crippen LogP contribution < -0.4 is 0 Å². The maximum Gasteiger partial charge on any atom is 0.0431 e. The van der Waals surface area contributed by atoms with E-state index in [2.05, 4.69) is 6.92 Å². The Kier molecular flexibility index (Phi) is 38.7. The molecule has 0 spiro atoms. The first-order valence-electron chi connectivity index (χ1n) is 8.07. The highest BCUT2D eigenvalue weighted by Gasteiger charge is 1.91. The minimum atomic E-state index is 0.250. The Labute approximate surface area is 121 Å². The molecule has 0 aromatic carbocycles. The quantitative estimate of drug-likeness (QED) is 0.531. The maximum atomic E-state index is 8.57. The zero-order valence-electron chi connectivity index (χ0n) is 13.5. The maximum absolute atomic E-state index is 8.57. The molecule has 0 bridgehead atoms. The molecular weight excluding hydrogens is 240 g/mol. The van der Waals surface area contributed by atoms with Gasteiger partial charge in [-0.2, -0.15) is 0 Å². The van der Waals surface area contributed by atoms with Gasteiger partial charge in [0.05, 0.1) is 0 Å². The van der Waals surface area contributed by atoms with Crippen molar-refractivity contribution in [1.29, 1.82) is 0 Å². The molecule has 3 nitrogen and oxygen atoms in total. The Hall–Kier alpha value is -0.120. The van der Waals surface area contributed by atoms with Crippen LogP contribution in [-0.2, 0) is 0 Å². The van der Waals surface area contributed by atoms with Crippen molar-refractivity contribution >= 4 is 0 Å². The number of aliphatic hydroxyl groups excluding tert-OH is 3. The van der Waals surface area contributed by atoms with Crippen LogP contribution >= 0.6 is 0 Å². The van der Waals surface area contributed by atoms with Crippen molar-refractivity contribution in [3.63, 3.8) is 0 Å². The van der Waals surface area contributed by atoms with E-state index in [0.29, 0.717) is 6.61 Å². The Morgan fingerprint density at radius 1 is 0.474 bits per heavy atom. The molecule has 0 aliphatic heterocycles. The average molecular weight is 278 g/mol. The smallest absolute Gasteiger partial charge is 0.0431 e. The van der Waals surface area contributed by atoms with Gasteiger partial charge in [-0.15, -0.1) is 0 Å². The zero-order chi connectivity index (χ0) is 15.2. The number of hydrogen-bond donors (Lipinski definition) is 3. The van der Waals surface area contributed by atoms with Gasteiger partial charge in [-0.05, 0) is 20.3 Å².